The molecule has 5 nitrogen and oxygen atoms in total. The molecule has 1 N–H and O–H groups in total. The molecule has 104 valence electrons. The number of ether oxygens (including phenoxy) is 3. The van der Waals surface area contributed by atoms with E-state index in [2.05, 4.69) is 0 Å². The van der Waals surface area contributed by atoms with Crippen molar-refractivity contribution in [3.05, 3.63) is 23.3 Å². The zero-order valence-electron chi connectivity index (χ0n) is 11.5. The predicted octanol–water partition coefficient (Wildman–Crippen LogP) is 2.38. The van der Waals surface area contributed by atoms with Gasteiger partial charge in [-0.1, -0.05) is 0 Å². The van der Waals surface area contributed by atoms with Crippen LogP contribution in [0.25, 0.3) is 6.08 Å². The summed E-state index contributed by atoms with van der Waals surface area (Å²) in [4.78, 5) is 11.5. The Balaban J connectivity index is 3.19. The van der Waals surface area contributed by atoms with Gasteiger partial charge in [0.1, 0.15) is 5.75 Å². The van der Waals surface area contributed by atoms with Crippen molar-refractivity contribution < 1.29 is 24.1 Å². The van der Waals surface area contributed by atoms with Crippen LogP contribution in [0, 0.1) is 0 Å². The van der Waals surface area contributed by atoms with Gasteiger partial charge >= 0.3 is 5.97 Å². The lowest BCUT2D eigenvalue weighted by molar-refractivity contribution is -0.138. The molecule has 0 saturated heterocycles. The first-order valence-electron chi connectivity index (χ1n) is 5.83. The van der Waals surface area contributed by atoms with Crippen molar-refractivity contribution in [2.24, 2.45) is 0 Å². The van der Waals surface area contributed by atoms with Crippen molar-refractivity contribution in [2.45, 2.75) is 13.8 Å². The summed E-state index contributed by atoms with van der Waals surface area (Å²) in [6.45, 7) is 3.65. The number of phenols is 1. The molecular weight excluding hydrogens is 248 g/mol. The summed E-state index contributed by atoms with van der Waals surface area (Å²) < 4.78 is 15.0. The third kappa shape index (κ3) is 3.64. The summed E-state index contributed by atoms with van der Waals surface area (Å²) >= 11 is 0. The summed E-state index contributed by atoms with van der Waals surface area (Å²) in [6.07, 6.45) is 1.53. The monoisotopic (exact) mass is 266 g/mol. The number of benzene rings is 1. The average Bonchev–Trinajstić information content (AvgIpc) is 2.41. The molecule has 0 amide bonds. The fraction of sp³-hybridized carbons (Fsp3) is 0.357. The van der Waals surface area contributed by atoms with Gasteiger partial charge in [-0.3, -0.25) is 0 Å². The molecule has 0 aliphatic rings. The van der Waals surface area contributed by atoms with Gasteiger partial charge in [0.2, 0.25) is 0 Å². The summed E-state index contributed by atoms with van der Waals surface area (Å²) in [6, 6.07) is 3.17. The van der Waals surface area contributed by atoms with Crippen LogP contribution in [0.2, 0.25) is 0 Å². The molecule has 0 saturated carbocycles. The third-order valence-corrected chi connectivity index (χ3v) is 2.50. The second kappa shape index (κ2) is 6.68. The highest BCUT2D eigenvalue weighted by atomic mass is 16.5. The van der Waals surface area contributed by atoms with Crippen molar-refractivity contribution in [1.82, 2.24) is 0 Å². The summed E-state index contributed by atoms with van der Waals surface area (Å²) in [5, 5.41) is 9.99. The molecule has 0 radical (unpaired) electrons. The van der Waals surface area contributed by atoms with Crippen LogP contribution in [0.15, 0.2) is 17.7 Å². The summed E-state index contributed by atoms with van der Waals surface area (Å²) in [7, 11) is 2.96. The van der Waals surface area contributed by atoms with E-state index in [0.717, 1.165) is 0 Å². The minimum atomic E-state index is -0.427. The number of esters is 1. The zero-order chi connectivity index (χ0) is 14.4. The van der Waals surface area contributed by atoms with Crippen LogP contribution in [0.5, 0.6) is 17.2 Å². The number of carbonyl (C=O) groups excluding carboxylic acids is 1. The first-order chi connectivity index (χ1) is 9.03. The lowest BCUT2D eigenvalue weighted by Crippen LogP contribution is -2.04. The number of methoxy groups -OCH3 is 2. The van der Waals surface area contributed by atoms with Crippen LogP contribution in [-0.4, -0.2) is 31.9 Å². The summed E-state index contributed by atoms with van der Waals surface area (Å²) in [5.74, 6) is 0.329. The van der Waals surface area contributed by atoms with Crippen LogP contribution in [0.4, 0.5) is 0 Å². The molecule has 0 bridgehead atoms. The molecule has 0 aromatic heterocycles. The van der Waals surface area contributed by atoms with Crippen molar-refractivity contribution in [2.75, 3.05) is 20.8 Å². The Labute approximate surface area is 112 Å². The van der Waals surface area contributed by atoms with E-state index in [4.69, 9.17) is 14.2 Å². The highest BCUT2D eigenvalue weighted by Crippen LogP contribution is 2.35. The van der Waals surface area contributed by atoms with E-state index >= 15 is 0 Å². The number of phenolic OH excluding ortho intramolecular Hbond substituents is 1. The Morgan fingerprint density at radius 1 is 1.32 bits per heavy atom. The fourth-order valence-corrected chi connectivity index (χ4v) is 1.52. The van der Waals surface area contributed by atoms with Crippen molar-refractivity contribution in [3.63, 3.8) is 0 Å². The maximum Gasteiger partial charge on any atom is 0.333 e. The molecule has 0 aliphatic carbocycles. The van der Waals surface area contributed by atoms with Crippen molar-refractivity contribution >= 4 is 12.0 Å². The molecule has 5 heteroatoms. The second-order valence-electron chi connectivity index (χ2n) is 3.82. The van der Waals surface area contributed by atoms with Crippen LogP contribution in [0.1, 0.15) is 19.4 Å². The number of hydrogen-bond acceptors (Lipinski definition) is 5. The Morgan fingerprint density at radius 3 is 2.53 bits per heavy atom. The predicted molar refractivity (Wildman–Crippen MR) is 71.5 cm³/mol. The average molecular weight is 266 g/mol. The van der Waals surface area contributed by atoms with E-state index < -0.39 is 5.97 Å². The third-order valence-electron chi connectivity index (χ3n) is 2.50. The molecule has 0 spiro atoms. The molecule has 19 heavy (non-hydrogen) atoms. The Kier molecular flexibility index (Phi) is 5.23. The molecule has 0 fully saturated rings. The van der Waals surface area contributed by atoms with Gasteiger partial charge < -0.3 is 19.3 Å². The van der Waals surface area contributed by atoms with E-state index in [1.807, 2.05) is 0 Å². The van der Waals surface area contributed by atoms with Gasteiger partial charge in [0.25, 0.3) is 0 Å². The van der Waals surface area contributed by atoms with E-state index in [-0.39, 0.29) is 11.5 Å². The molecule has 1 rings (SSSR count). The number of aromatic hydroxyl groups is 1. The normalized spacial score (nSPS) is 11.1. The minimum Gasteiger partial charge on any atom is -0.504 e. The topological polar surface area (TPSA) is 65.0 Å². The van der Waals surface area contributed by atoms with Gasteiger partial charge in [0.05, 0.1) is 20.8 Å². The summed E-state index contributed by atoms with van der Waals surface area (Å²) in [5.41, 5.74) is 0.814. The Hall–Kier alpha value is -2.17. The molecule has 0 atom stereocenters. The highest BCUT2D eigenvalue weighted by molar-refractivity contribution is 5.93. The molecule has 0 unspecified atom stereocenters. The maximum absolute atomic E-state index is 11.5. The number of carbonyl (C=O) groups is 1. The number of rotatable bonds is 5. The van der Waals surface area contributed by atoms with Gasteiger partial charge in [-0.25, -0.2) is 4.79 Å². The van der Waals surface area contributed by atoms with E-state index in [1.165, 1.54) is 20.3 Å². The highest BCUT2D eigenvalue weighted by Gasteiger charge is 2.12. The van der Waals surface area contributed by atoms with Gasteiger partial charge in [-0.05, 0) is 26.0 Å². The SMILES string of the molecule is CCOC(=O)C(C)=Cc1cc(OC)cc(OC)c1O. The van der Waals surface area contributed by atoms with Crippen LogP contribution < -0.4 is 9.47 Å². The van der Waals surface area contributed by atoms with Crippen LogP contribution in [-0.2, 0) is 9.53 Å². The second-order valence-corrected chi connectivity index (χ2v) is 3.82. The first kappa shape index (κ1) is 14.9. The van der Waals surface area contributed by atoms with Crippen molar-refractivity contribution in [3.8, 4) is 17.2 Å². The van der Waals surface area contributed by atoms with E-state index in [9.17, 15) is 9.90 Å². The lowest BCUT2D eigenvalue weighted by atomic mass is 10.1. The largest absolute Gasteiger partial charge is 0.504 e. The Bertz CT molecular complexity index is 491. The van der Waals surface area contributed by atoms with Crippen LogP contribution in [0.3, 0.4) is 0 Å². The van der Waals surface area contributed by atoms with Gasteiger partial charge in [0, 0.05) is 17.2 Å². The fourth-order valence-electron chi connectivity index (χ4n) is 1.52. The first-order valence-corrected chi connectivity index (χ1v) is 5.83. The Morgan fingerprint density at radius 2 is 2.00 bits per heavy atom. The van der Waals surface area contributed by atoms with Crippen LogP contribution >= 0.6 is 0 Å². The van der Waals surface area contributed by atoms with E-state index in [1.54, 1.807) is 26.0 Å². The smallest absolute Gasteiger partial charge is 0.333 e. The standard InChI is InChI=1S/C14H18O5/c1-5-19-14(16)9(2)6-10-7-11(17-3)8-12(18-4)13(10)15/h6-8,15H,5H2,1-4H3. The lowest BCUT2D eigenvalue weighted by Gasteiger charge is -2.10. The van der Waals surface area contributed by atoms with E-state index in [0.29, 0.717) is 23.5 Å². The van der Waals surface area contributed by atoms with Gasteiger partial charge in [-0.15, -0.1) is 0 Å². The molecular formula is C14H18O5. The molecule has 0 aliphatic heterocycles. The van der Waals surface area contributed by atoms with Crippen molar-refractivity contribution in [1.29, 1.82) is 0 Å². The quantitative estimate of drug-likeness (QED) is 0.654. The molecule has 1 aromatic rings. The zero-order valence-corrected chi connectivity index (χ0v) is 11.5. The molecule has 1 aromatic carbocycles. The minimum absolute atomic E-state index is 0.0491. The maximum atomic E-state index is 11.5. The van der Waals surface area contributed by atoms with Gasteiger partial charge in [0.15, 0.2) is 11.5 Å². The van der Waals surface area contributed by atoms with Gasteiger partial charge in [-0.2, -0.15) is 0 Å². The number of hydrogen-bond donors (Lipinski definition) is 1. The molecule has 0 heterocycles.